The molecule has 28 heavy (non-hydrogen) atoms. The maximum absolute atomic E-state index is 13.4. The number of β-amino-alcohol motifs (C(OH)–C–C–N with tert-alkyl or cyclic N) is 1. The van der Waals surface area contributed by atoms with Crippen molar-refractivity contribution in [3.63, 3.8) is 0 Å². The summed E-state index contributed by atoms with van der Waals surface area (Å²) in [6.45, 7) is -0.800. The zero-order valence-corrected chi connectivity index (χ0v) is 15.6. The maximum Gasteiger partial charge on any atom is 0.418 e. The second-order valence-electron chi connectivity index (χ2n) is 5.90. The lowest BCUT2D eigenvalue weighted by atomic mass is 10.1. The number of ether oxygens (including phenoxy) is 1. The molecule has 0 radical (unpaired) electrons. The highest BCUT2D eigenvalue weighted by molar-refractivity contribution is 7.90. The van der Waals surface area contributed by atoms with Gasteiger partial charge in [0, 0.05) is 12.8 Å². The van der Waals surface area contributed by atoms with E-state index in [0.717, 1.165) is 30.4 Å². The third-order valence-corrected chi connectivity index (χ3v) is 5.05. The van der Waals surface area contributed by atoms with Crippen molar-refractivity contribution in [2.45, 2.75) is 11.1 Å². The molecule has 1 aliphatic rings. The molecular weight excluding hydrogens is 405 g/mol. The number of methoxy groups -OCH3 is 1. The van der Waals surface area contributed by atoms with Gasteiger partial charge in [-0.05, 0) is 18.2 Å². The number of anilines is 1. The third-order valence-electron chi connectivity index (χ3n) is 3.94. The van der Waals surface area contributed by atoms with Crippen LogP contribution in [-0.2, 0) is 30.3 Å². The first kappa shape index (κ1) is 21.7. The molecule has 1 heterocycles. The van der Waals surface area contributed by atoms with Gasteiger partial charge < -0.3 is 20.1 Å². The van der Waals surface area contributed by atoms with Gasteiger partial charge in [0.15, 0.2) is 9.84 Å². The summed E-state index contributed by atoms with van der Waals surface area (Å²) in [5.74, 6) is -1.72. The molecule has 0 spiro atoms. The van der Waals surface area contributed by atoms with E-state index in [0.29, 0.717) is 6.07 Å². The molecule has 0 unspecified atom stereocenters. The van der Waals surface area contributed by atoms with Crippen molar-refractivity contribution >= 4 is 27.4 Å². The molecule has 2 rings (SSSR count). The Hall–Kier alpha value is -2.60. The van der Waals surface area contributed by atoms with E-state index >= 15 is 0 Å². The molecule has 0 fully saturated rings. The molecule has 8 nitrogen and oxygen atoms in total. The van der Waals surface area contributed by atoms with Gasteiger partial charge in [-0.2, -0.15) is 13.2 Å². The zero-order chi connectivity index (χ0) is 21.3. The first-order valence-electron chi connectivity index (χ1n) is 7.80. The Morgan fingerprint density at radius 3 is 2.50 bits per heavy atom. The average Bonchev–Trinajstić information content (AvgIpc) is 2.89. The van der Waals surface area contributed by atoms with E-state index in [-0.39, 0.29) is 18.7 Å². The van der Waals surface area contributed by atoms with Gasteiger partial charge in [0.05, 0.1) is 42.0 Å². The summed E-state index contributed by atoms with van der Waals surface area (Å²) in [4.78, 5) is 24.9. The van der Waals surface area contributed by atoms with Crippen molar-refractivity contribution < 1.29 is 41.0 Å². The summed E-state index contributed by atoms with van der Waals surface area (Å²) in [7, 11) is -2.85. The summed E-state index contributed by atoms with van der Waals surface area (Å²) in [5.41, 5.74) is -2.56. The van der Waals surface area contributed by atoms with Crippen LogP contribution in [0.15, 0.2) is 34.4 Å². The van der Waals surface area contributed by atoms with Crippen LogP contribution >= 0.6 is 0 Å². The number of aliphatic hydroxyl groups excluding tert-OH is 1. The number of benzene rings is 1. The Balaban J connectivity index is 2.55. The third kappa shape index (κ3) is 4.44. The van der Waals surface area contributed by atoms with Crippen molar-refractivity contribution in [1.29, 1.82) is 0 Å². The Morgan fingerprint density at radius 1 is 1.36 bits per heavy atom. The molecule has 2 N–H and O–H groups in total. The maximum atomic E-state index is 13.4. The number of sulfone groups is 1. The Labute approximate surface area is 158 Å². The van der Waals surface area contributed by atoms with Gasteiger partial charge in [-0.1, -0.05) is 0 Å². The zero-order valence-electron chi connectivity index (χ0n) is 14.8. The van der Waals surface area contributed by atoms with Crippen molar-refractivity contribution in [3.8, 4) is 0 Å². The number of aliphatic hydroxyl groups is 1. The van der Waals surface area contributed by atoms with Crippen molar-refractivity contribution in [2.24, 2.45) is 0 Å². The molecule has 0 aliphatic carbocycles. The van der Waals surface area contributed by atoms with E-state index < -0.39 is 56.3 Å². The summed E-state index contributed by atoms with van der Waals surface area (Å²) in [6.07, 6.45) is -4.16. The number of hydrogen-bond acceptors (Lipinski definition) is 7. The normalized spacial score (nSPS) is 15.2. The molecule has 0 aromatic heterocycles. The van der Waals surface area contributed by atoms with Crippen LogP contribution in [0.5, 0.6) is 0 Å². The van der Waals surface area contributed by atoms with E-state index in [1.807, 2.05) is 0 Å². The minimum Gasteiger partial charge on any atom is -0.466 e. The standard InChI is InChI=1S/C16H17F3N2O6S/c1-27-15(24)10-8-21(5-6-22)14(23)13(10)20-12-4-3-9(28(2,25)26)7-11(12)16(17,18)19/h3-4,7,20,22H,5-6,8H2,1-2H3. The van der Waals surface area contributed by atoms with Crippen molar-refractivity contribution in [3.05, 3.63) is 35.0 Å². The highest BCUT2D eigenvalue weighted by Crippen LogP contribution is 2.37. The van der Waals surface area contributed by atoms with Gasteiger partial charge in [-0.15, -0.1) is 0 Å². The smallest absolute Gasteiger partial charge is 0.418 e. The Morgan fingerprint density at radius 2 is 2.00 bits per heavy atom. The number of halogens is 3. The first-order chi connectivity index (χ1) is 12.9. The molecule has 1 aliphatic heterocycles. The molecular formula is C16H17F3N2O6S. The molecule has 0 saturated carbocycles. The number of amides is 1. The molecule has 0 bridgehead atoms. The summed E-state index contributed by atoms with van der Waals surface area (Å²) in [5, 5.41) is 11.3. The number of nitrogens with one attached hydrogen (secondary N) is 1. The second kappa shape index (κ2) is 7.80. The van der Waals surface area contributed by atoms with E-state index in [1.165, 1.54) is 0 Å². The monoisotopic (exact) mass is 422 g/mol. The minimum atomic E-state index is -4.93. The van der Waals surface area contributed by atoms with Gasteiger partial charge >= 0.3 is 12.1 Å². The minimum absolute atomic E-state index is 0.135. The van der Waals surface area contributed by atoms with E-state index in [1.54, 1.807) is 0 Å². The van der Waals surface area contributed by atoms with E-state index in [4.69, 9.17) is 5.11 Å². The predicted molar refractivity (Wildman–Crippen MR) is 90.9 cm³/mol. The predicted octanol–water partition coefficient (Wildman–Crippen LogP) is 0.782. The van der Waals surface area contributed by atoms with Crippen LogP contribution in [0.4, 0.5) is 18.9 Å². The average molecular weight is 422 g/mol. The summed E-state index contributed by atoms with van der Waals surface area (Å²) >= 11 is 0. The van der Waals surface area contributed by atoms with Crippen LogP contribution in [0.25, 0.3) is 0 Å². The first-order valence-corrected chi connectivity index (χ1v) is 9.69. The molecule has 0 saturated heterocycles. The number of carbonyl (C=O) groups is 2. The van der Waals surface area contributed by atoms with Crippen LogP contribution in [0, 0.1) is 0 Å². The lowest BCUT2D eigenvalue weighted by Gasteiger charge is -2.17. The van der Waals surface area contributed by atoms with Gasteiger partial charge in [0.25, 0.3) is 5.91 Å². The SMILES string of the molecule is COC(=O)C1=C(Nc2ccc(S(C)(=O)=O)cc2C(F)(F)F)C(=O)N(CCO)C1. The molecule has 12 heteroatoms. The Bertz CT molecular complexity index is 940. The van der Waals surface area contributed by atoms with Crippen LogP contribution < -0.4 is 5.32 Å². The summed E-state index contributed by atoms with van der Waals surface area (Å²) < 4.78 is 68.0. The number of hydrogen-bond donors (Lipinski definition) is 2. The quantitative estimate of drug-likeness (QED) is 0.652. The van der Waals surface area contributed by atoms with Crippen LogP contribution in [-0.4, -0.2) is 63.4 Å². The lowest BCUT2D eigenvalue weighted by Crippen LogP contribution is -2.31. The topological polar surface area (TPSA) is 113 Å². The second-order valence-corrected chi connectivity index (χ2v) is 7.91. The largest absolute Gasteiger partial charge is 0.466 e. The fourth-order valence-corrected chi connectivity index (χ4v) is 3.23. The van der Waals surface area contributed by atoms with Crippen LogP contribution in [0.3, 0.4) is 0 Å². The number of nitrogens with zero attached hydrogens (tertiary/aromatic N) is 1. The van der Waals surface area contributed by atoms with Gasteiger partial charge in [-0.25, -0.2) is 13.2 Å². The van der Waals surface area contributed by atoms with Gasteiger partial charge in [0.2, 0.25) is 0 Å². The van der Waals surface area contributed by atoms with Gasteiger partial charge in [0.1, 0.15) is 5.70 Å². The highest BCUT2D eigenvalue weighted by Gasteiger charge is 2.38. The summed E-state index contributed by atoms with van der Waals surface area (Å²) in [6, 6.07) is 2.26. The number of alkyl halides is 3. The molecule has 1 aromatic carbocycles. The fourth-order valence-electron chi connectivity index (χ4n) is 2.58. The Kier molecular flexibility index (Phi) is 6.04. The molecule has 154 valence electrons. The highest BCUT2D eigenvalue weighted by atomic mass is 32.2. The van der Waals surface area contributed by atoms with Crippen molar-refractivity contribution in [1.82, 2.24) is 4.90 Å². The number of esters is 1. The molecule has 0 atom stereocenters. The molecule has 1 amide bonds. The molecule has 1 aromatic rings. The van der Waals surface area contributed by atoms with Crippen LogP contribution in [0.2, 0.25) is 0 Å². The lowest BCUT2D eigenvalue weighted by molar-refractivity contribution is -0.137. The fraction of sp³-hybridized carbons (Fsp3) is 0.375. The number of carbonyl (C=O) groups excluding carboxylic acids is 2. The van der Waals surface area contributed by atoms with Crippen LogP contribution in [0.1, 0.15) is 5.56 Å². The number of rotatable bonds is 6. The van der Waals surface area contributed by atoms with Gasteiger partial charge in [-0.3, -0.25) is 4.79 Å². The van der Waals surface area contributed by atoms with E-state index in [9.17, 15) is 31.2 Å². The van der Waals surface area contributed by atoms with Crippen molar-refractivity contribution in [2.75, 3.05) is 38.4 Å². The van der Waals surface area contributed by atoms with E-state index in [2.05, 4.69) is 10.1 Å².